The van der Waals surface area contributed by atoms with E-state index in [0.29, 0.717) is 18.0 Å². The first-order chi connectivity index (χ1) is 13.2. The van der Waals surface area contributed by atoms with Gasteiger partial charge in [-0.05, 0) is 42.3 Å². The van der Waals surface area contributed by atoms with Gasteiger partial charge in [-0.2, -0.15) is 0 Å². The number of nitrogens with zero attached hydrogens (tertiary/aromatic N) is 1. The molecule has 0 aliphatic carbocycles. The van der Waals surface area contributed by atoms with E-state index in [0.717, 1.165) is 28.9 Å². The van der Waals surface area contributed by atoms with Crippen LogP contribution in [0.4, 0.5) is 0 Å². The fourth-order valence-electron chi connectivity index (χ4n) is 2.67. The third kappa shape index (κ3) is 5.08. The van der Waals surface area contributed by atoms with Gasteiger partial charge in [0.2, 0.25) is 5.91 Å². The summed E-state index contributed by atoms with van der Waals surface area (Å²) in [6.07, 6.45) is 5.00. The largest absolute Gasteiger partial charge is 0.493 e. The van der Waals surface area contributed by atoms with Crippen LogP contribution in [-0.2, 0) is 11.2 Å². The smallest absolute Gasteiger partial charge is 0.243 e. The lowest BCUT2D eigenvalue weighted by Gasteiger charge is -2.07. The summed E-state index contributed by atoms with van der Waals surface area (Å²) in [5.41, 5.74) is 1.91. The molecule has 3 aromatic rings. The average molecular weight is 382 g/mol. The number of hydrogen-bond donors (Lipinski definition) is 1. The summed E-state index contributed by atoms with van der Waals surface area (Å²) in [7, 11) is 3.18. The molecule has 1 heterocycles. The van der Waals surface area contributed by atoms with Crippen molar-refractivity contribution < 1.29 is 14.3 Å². The zero-order valence-corrected chi connectivity index (χ0v) is 16.2. The second-order valence-corrected chi connectivity index (χ2v) is 7.03. The van der Waals surface area contributed by atoms with Crippen LogP contribution in [0.5, 0.6) is 11.5 Å². The van der Waals surface area contributed by atoms with E-state index in [-0.39, 0.29) is 5.91 Å². The molecule has 0 saturated heterocycles. The van der Waals surface area contributed by atoms with Crippen molar-refractivity contribution in [2.24, 2.45) is 0 Å². The predicted octanol–water partition coefficient (Wildman–Crippen LogP) is 4.08. The zero-order chi connectivity index (χ0) is 19.1. The number of hydrogen-bond acceptors (Lipinski definition) is 5. The first-order valence-corrected chi connectivity index (χ1v) is 9.53. The Morgan fingerprint density at radius 3 is 2.74 bits per heavy atom. The van der Waals surface area contributed by atoms with E-state index in [9.17, 15) is 4.79 Å². The molecule has 0 spiro atoms. The minimum Gasteiger partial charge on any atom is -0.493 e. The van der Waals surface area contributed by atoms with E-state index >= 15 is 0 Å². The Balaban J connectivity index is 1.46. The van der Waals surface area contributed by atoms with Crippen molar-refractivity contribution in [1.82, 2.24) is 10.3 Å². The van der Waals surface area contributed by atoms with Crippen LogP contribution in [0, 0.1) is 0 Å². The molecular formula is C21H22N2O3S. The molecule has 0 unspecified atom stereocenters. The number of fused-ring (bicyclic) bond motifs is 1. The van der Waals surface area contributed by atoms with Gasteiger partial charge in [0.25, 0.3) is 0 Å². The number of para-hydroxylation sites is 1. The normalized spacial score (nSPS) is 11.0. The van der Waals surface area contributed by atoms with Crippen LogP contribution in [0.2, 0.25) is 0 Å². The SMILES string of the molecule is COc1ccc(C=CC(=O)NCCCc2nc3ccccc3s2)cc1OC. The van der Waals surface area contributed by atoms with Crippen LogP contribution in [0.15, 0.2) is 48.5 Å². The maximum Gasteiger partial charge on any atom is 0.243 e. The van der Waals surface area contributed by atoms with E-state index in [1.54, 1.807) is 31.6 Å². The summed E-state index contributed by atoms with van der Waals surface area (Å²) in [5, 5.41) is 4.01. The molecule has 3 rings (SSSR count). The van der Waals surface area contributed by atoms with Crippen molar-refractivity contribution in [3.05, 3.63) is 59.1 Å². The number of aryl methyl sites for hydroxylation is 1. The van der Waals surface area contributed by atoms with E-state index < -0.39 is 0 Å². The van der Waals surface area contributed by atoms with Gasteiger partial charge in [-0.15, -0.1) is 11.3 Å². The van der Waals surface area contributed by atoms with E-state index in [2.05, 4.69) is 16.4 Å². The highest BCUT2D eigenvalue weighted by atomic mass is 32.1. The number of rotatable bonds is 8. The van der Waals surface area contributed by atoms with Gasteiger partial charge in [-0.1, -0.05) is 18.2 Å². The molecule has 1 N–H and O–H groups in total. The van der Waals surface area contributed by atoms with Crippen molar-refractivity contribution in [3.8, 4) is 11.5 Å². The zero-order valence-electron chi connectivity index (χ0n) is 15.4. The monoisotopic (exact) mass is 382 g/mol. The molecule has 1 aromatic heterocycles. The number of carbonyl (C=O) groups excluding carboxylic acids is 1. The number of aromatic nitrogens is 1. The molecule has 0 fully saturated rings. The fraction of sp³-hybridized carbons (Fsp3) is 0.238. The molecule has 6 heteroatoms. The lowest BCUT2D eigenvalue weighted by molar-refractivity contribution is -0.116. The number of methoxy groups -OCH3 is 2. The summed E-state index contributed by atoms with van der Waals surface area (Å²) in [6.45, 7) is 0.616. The van der Waals surface area contributed by atoms with Crippen molar-refractivity contribution >= 4 is 33.5 Å². The minimum absolute atomic E-state index is 0.117. The Kier molecular flexibility index (Phi) is 6.44. The van der Waals surface area contributed by atoms with Crippen molar-refractivity contribution in [1.29, 1.82) is 0 Å². The third-order valence-electron chi connectivity index (χ3n) is 4.04. The fourth-order valence-corrected chi connectivity index (χ4v) is 3.67. The minimum atomic E-state index is -0.117. The van der Waals surface area contributed by atoms with Gasteiger partial charge in [0, 0.05) is 19.0 Å². The molecule has 0 radical (unpaired) electrons. The Hall–Kier alpha value is -2.86. The Morgan fingerprint density at radius 2 is 1.96 bits per heavy atom. The number of ether oxygens (including phenoxy) is 2. The summed E-state index contributed by atoms with van der Waals surface area (Å²) in [4.78, 5) is 16.6. The molecule has 0 atom stereocenters. The Labute approximate surface area is 162 Å². The van der Waals surface area contributed by atoms with Crippen LogP contribution in [0.1, 0.15) is 17.0 Å². The van der Waals surface area contributed by atoms with E-state index in [1.807, 2.05) is 36.4 Å². The van der Waals surface area contributed by atoms with E-state index in [1.165, 1.54) is 10.8 Å². The van der Waals surface area contributed by atoms with E-state index in [4.69, 9.17) is 9.47 Å². The quantitative estimate of drug-likeness (QED) is 0.471. The first kappa shape index (κ1) is 18.9. The molecule has 27 heavy (non-hydrogen) atoms. The summed E-state index contributed by atoms with van der Waals surface area (Å²) in [6, 6.07) is 13.6. The highest BCUT2D eigenvalue weighted by molar-refractivity contribution is 7.18. The van der Waals surface area contributed by atoms with Crippen molar-refractivity contribution in [2.45, 2.75) is 12.8 Å². The van der Waals surface area contributed by atoms with Crippen LogP contribution >= 0.6 is 11.3 Å². The van der Waals surface area contributed by atoms with Gasteiger partial charge in [0.15, 0.2) is 11.5 Å². The topological polar surface area (TPSA) is 60.5 Å². The van der Waals surface area contributed by atoms with Gasteiger partial charge in [-0.3, -0.25) is 4.79 Å². The van der Waals surface area contributed by atoms with Gasteiger partial charge < -0.3 is 14.8 Å². The molecule has 2 aromatic carbocycles. The lowest BCUT2D eigenvalue weighted by Crippen LogP contribution is -2.22. The number of carbonyl (C=O) groups is 1. The molecule has 0 aliphatic heterocycles. The maximum absolute atomic E-state index is 12.0. The molecule has 140 valence electrons. The highest BCUT2D eigenvalue weighted by Gasteiger charge is 2.04. The van der Waals surface area contributed by atoms with Gasteiger partial charge >= 0.3 is 0 Å². The average Bonchev–Trinajstić information content (AvgIpc) is 3.12. The lowest BCUT2D eigenvalue weighted by atomic mass is 10.2. The number of benzene rings is 2. The number of thiazole rings is 1. The molecule has 0 aliphatic rings. The molecular weight excluding hydrogens is 360 g/mol. The molecule has 1 amide bonds. The second-order valence-electron chi connectivity index (χ2n) is 5.92. The van der Waals surface area contributed by atoms with Crippen molar-refractivity contribution in [2.75, 3.05) is 20.8 Å². The predicted molar refractivity (Wildman–Crippen MR) is 110 cm³/mol. The van der Waals surface area contributed by atoms with Crippen molar-refractivity contribution in [3.63, 3.8) is 0 Å². The highest BCUT2D eigenvalue weighted by Crippen LogP contribution is 2.28. The molecule has 0 bridgehead atoms. The van der Waals surface area contributed by atoms with Crippen LogP contribution < -0.4 is 14.8 Å². The number of amides is 1. The summed E-state index contributed by atoms with van der Waals surface area (Å²) in [5.74, 6) is 1.18. The number of nitrogens with one attached hydrogen (secondary N) is 1. The van der Waals surface area contributed by atoms with Crippen LogP contribution in [0.3, 0.4) is 0 Å². The van der Waals surface area contributed by atoms with Gasteiger partial charge in [-0.25, -0.2) is 4.98 Å². The first-order valence-electron chi connectivity index (χ1n) is 8.72. The summed E-state index contributed by atoms with van der Waals surface area (Å²) >= 11 is 1.71. The van der Waals surface area contributed by atoms with Gasteiger partial charge in [0.05, 0.1) is 29.4 Å². The maximum atomic E-state index is 12.0. The Morgan fingerprint density at radius 1 is 1.15 bits per heavy atom. The Bertz CT molecular complexity index is 917. The standard InChI is InChI=1S/C21H22N2O3S/c1-25-17-11-9-15(14-18(17)26-2)10-12-20(24)22-13-5-8-21-23-16-6-3-4-7-19(16)27-21/h3-4,6-7,9-12,14H,5,8,13H2,1-2H3,(H,22,24). The van der Waals surface area contributed by atoms with Crippen LogP contribution in [0.25, 0.3) is 16.3 Å². The third-order valence-corrected chi connectivity index (χ3v) is 5.14. The molecule has 0 saturated carbocycles. The van der Waals surface area contributed by atoms with Crippen LogP contribution in [-0.4, -0.2) is 31.7 Å². The second kappa shape index (κ2) is 9.19. The van der Waals surface area contributed by atoms with Gasteiger partial charge in [0.1, 0.15) is 0 Å². The molecule has 5 nitrogen and oxygen atoms in total. The summed E-state index contributed by atoms with van der Waals surface area (Å²) < 4.78 is 11.7.